The van der Waals surface area contributed by atoms with Crippen LogP contribution in [-0.4, -0.2) is 46.9 Å². The summed E-state index contributed by atoms with van der Waals surface area (Å²) >= 11 is 0. The van der Waals surface area contributed by atoms with Gasteiger partial charge in [-0.25, -0.2) is 0 Å². The maximum atomic E-state index is 12.6. The predicted octanol–water partition coefficient (Wildman–Crippen LogP) is 2.66. The molecule has 0 spiro atoms. The maximum Gasteiger partial charge on any atom is 0.226 e. The van der Waals surface area contributed by atoms with Crippen molar-refractivity contribution in [3.05, 3.63) is 42.2 Å². The Morgan fingerprint density at radius 2 is 2.24 bits per heavy atom. The molecule has 0 bridgehead atoms. The Hall–Kier alpha value is -2.50. The van der Waals surface area contributed by atoms with E-state index >= 15 is 0 Å². The monoisotopic (exact) mass is 343 g/mol. The van der Waals surface area contributed by atoms with Gasteiger partial charge in [-0.3, -0.25) is 9.48 Å². The second-order valence-corrected chi connectivity index (χ2v) is 6.36. The summed E-state index contributed by atoms with van der Waals surface area (Å²) in [6.45, 7) is 3.93. The maximum absolute atomic E-state index is 12.6. The molecule has 1 aliphatic rings. The summed E-state index contributed by atoms with van der Waals surface area (Å²) in [5.41, 5.74) is 1.11. The Bertz CT molecular complexity index is 700. The summed E-state index contributed by atoms with van der Waals surface area (Å²) in [6, 6.07) is 7.91. The molecule has 1 fully saturated rings. The predicted molar refractivity (Wildman–Crippen MR) is 94.8 cm³/mol. The molecular weight excluding hydrogens is 318 g/mol. The summed E-state index contributed by atoms with van der Waals surface area (Å²) in [5.74, 6) is 1.52. The minimum atomic E-state index is 0.140. The van der Waals surface area contributed by atoms with Gasteiger partial charge >= 0.3 is 0 Å². The van der Waals surface area contributed by atoms with Gasteiger partial charge in [0.25, 0.3) is 0 Å². The van der Waals surface area contributed by atoms with Gasteiger partial charge in [-0.1, -0.05) is 6.07 Å². The number of aryl methyl sites for hydroxylation is 1. The van der Waals surface area contributed by atoms with Crippen molar-refractivity contribution in [2.75, 3.05) is 20.3 Å². The van der Waals surface area contributed by atoms with Crippen LogP contribution in [0.5, 0.6) is 11.5 Å². The van der Waals surface area contributed by atoms with Crippen LogP contribution < -0.4 is 9.47 Å². The minimum Gasteiger partial charge on any atom is -0.493 e. The normalized spacial score (nSPS) is 16.9. The molecule has 3 rings (SSSR count). The number of benzene rings is 1. The smallest absolute Gasteiger partial charge is 0.226 e. The average molecular weight is 343 g/mol. The van der Waals surface area contributed by atoms with Gasteiger partial charge in [-0.2, -0.15) is 5.10 Å². The molecule has 0 saturated carbocycles. The van der Waals surface area contributed by atoms with E-state index in [1.807, 2.05) is 47.0 Å². The van der Waals surface area contributed by atoms with Gasteiger partial charge < -0.3 is 14.4 Å². The molecule has 1 saturated heterocycles. The van der Waals surface area contributed by atoms with Gasteiger partial charge in [-0.15, -0.1) is 0 Å². The van der Waals surface area contributed by atoms with Gasteiger partial charge in [0.05, 0.1) is 32.7 Å². The van der Waals surface area contributed by atoms with Gasteiger partial charge in [0, 0.05) is 18.9 Å². The lowest BCUT2D eigenvalue weighted by atomic mass is 10.2. The van der Waals surface area contributed by atoms with Crippen LogP contribution in [0, 0.1) is 6.92 Å². The molecule has 2 aromatic rings. The van der Waals surface area contributed by atoms with Crippen molar-refractivity contribution >= 4 is 5.91 Å². The number of ether oxygens (including phenoxy) is 2. The zero-order valence-electron chi connectivity index (χ0n) is 14.9. The number of nitrogens with zero attached hydrogens (tertiary/aromatic N) is 3. The number of aromatic nitrogens is 2. The third-order valence-electron chi connectivity index (χ3n) is 4.55. The van der Waals surface area contributed by atoms with E-state index < -0.39 is 0 Å². The Morgan fingerprint density at radius 1 is 1.36 bits per heavy atom. The Morgan fingerprint density at radius 3 is 3.00 bits per heavy atom. The standard InChI is InChI=1S/C19H25N3O3/c1-15-6-7-17(18(13-15)24-2)25-12-8-19(23)22-11-3-5-16(22)14-21-10-4-9-20-21/h4,6-7,9-10,13,16H,3,5,8,11-12,14H2,1-2H3/t16-/m1/s1. The number of hydrogen-bond acceptors (Lipinski definition) is 4. The second kappa shape index (κ2) is 8.05. The third-order valence-corrected chi connectivity index (χ3v) is 4.55. The highest BCUT2D eigenvalue weighted by Gasteiger charge is 2.28. The van der Waals surface area contributed by atoms with Crippen LogP contribution in [0.2, 0.25) is 0 Å². The lowest BCUT2D eigenvalue weighted by Gasteiger charge is -2.25. The number of likely N-dealkylation sites (tertiary alicyclic amines) is 1. The number of rotatable bonds is 7. The molecule has 134 valence electrons. The Kier molecular flexibility index (Phi) is 5.58. The lowest BCUT2D eigenvalue weighted by molar-refractivity contribution is -0.132. The van der Waals surface area contributed by atoms with Crippen LogP contribution in [0.4, 0.5) is 0 Å². The number of methoxy groups -OCH3 is 1. The molecule has 6 nitrogen and oxygen atoms in total. The number of carbonyl (C=O) groups is 1. The third kappa shape index (κ3) is 4.32. The molecule has 6 heteroatoms. The van der Waals surface area contributed by atoms with E-state index in [9.17, 15) is 4.79 Å². The van der Waals surface area contributed by atoms with Crippen molar-refractivity contribution in [2.45, 2.75) is 38.8 Å². The number of amides is 1. The number of carbonyl (C=O) groups excluding carboxylic acids is 1. The number of hydrogen-bond donors (Lipinski definition) is 0. The first-order valence-corrected chi connectivity index (χ1v) is 8.71. The first-order valence-electron chi connectivity index (χ1n) is 8.71. The quantitative estimate of drug-likeness (QED) is 0.775. The van der Waals surface area contributed by atoms with Crippen LogP contribution in [0.3, 0.4) is 0 Å². The highest BCUT2D eigenvalue weighted by atomic mass is 16.5. The zero-order chi connectivity index (χ0) is 17.6. The fourth-order valence-corrected chi connectivity index (χ4v) is 3.26. The van der Waals surface area contributed by atoms with Crippen molar-refractivity contribution in [3.63, 3.8) is 0 Å². The summed E-state index contributed by atoms with van der Waals surface area (Å²) in [6.07, 6.45) is 6.15. The highest BCUT2D eigenvalue weighted by molar-refractivity contribution is 5.77. The molecule has 2 heterocycles. The highest BCUT2D eigenvalue weighted by Crippen LogP contribution is 2.28. The van der Waals surface area contributed by atoms with Crippen LogP contribution >= 0.6 is 0 Å². The molecule has 1 amide bonds. The first-order chi connectivity index (χ1) is 12.2. The fraction of sp³-hybridized carbons (Fsp3) is 0.474. The van der Waals surface area contributed by atoms with Crippen LogP contribution in [0.25, 0.3) is 0 Å². The van der Waals surface area contributed by atoms with E-state index in [1.54, 1.807) is 13.3 Å². The molecule has 1 atom stereocenters. The van der Waals surface area contributed by atoms with Gasteiger partial charge in [0.1, 0.15) is 0 Å². The van der Waals surface area contributed by atoms with Crippen LogP contribution in [-0.2, 0) is 11.3 Å². The second-order valence-electron chi connectivity index (χ2n) is 6.36. The average Bonchev–Trinajstić information content (AvgIpc) is 3.28. The van der Waals surface area contributed by atoms with Crippen molar-refractivity contribution in [1.82, 2.24) is 14.7 Å². The van der Waals surface area contributed by atoms with E-state index in [2.05, 4.69) is 5.10 Å². The largest absolute Gasteiger partial charge is 0.493 e. The molecule has 1 aromatic carbocycles. The van der Waals surface area contributed by atoms with Crippen LogP contribution in [0.1, 0.15) is 24.8 Å². The Labute approximate surface area is 148 Å². The van der Waals surface area contributed by atoms with Crippen LogP contribution in [0.15, 0.2) is 36.7 Å². The van der Waals surface area contributed by atoms with E-state index in [1.165, 1.54) is 0 Å². The minimum absolute atomic E-state index is 0.140. The van der Waals surface area contributed by atoms with Gasteiger partial charge in [0.15, 0.2) is 11.5 Å². The molecule has 1 aliphatic heterocycles. The summed E-state index contributed by atoms with van der Waals surface area (Å²) < 4.78 is 13.0. The molecular formula is C19H25N3O3. The summed E-state index contributed by atoms with van der Waals surface area (Å²) in [5, 5.41) is 4.24. The SMILES string of the molecule is COc1cc(C)ccc1OCCC(=O)N1CCC[C@@H]1Cn1cccn1. The fourth-order valence-electron chi connectivity index (χ4n) is 3.26. The lowest BCUT2D eigenvalue weighted by Crippen LogP contribution is -2.38. The molecule has 1 aromatic heterocycles. The van der Waals surface area contributed by atoms with Crippen molar-refractivity contribution < 1.29 is 14.3 Å². The summed E-state index contributed by atoms with van der Waals surface area (Å²) in [7, 11) is 1.62. The van der Waals surface area contributed by atoms with E-state index in [0.717, 1.165) is 31.5 Å². The molecule has 0 radical (unpaired) electrons. The van der Waals surface area contributed by atoms with E-state index in [0.29, 0.717) is 24.5 Å². The zero-order valence-corrected chi connectivity index (χ0v) is 14.9. The topological polar surface area (TPSA) is 56.6 Å². The molecule has 0 aliphatic carbocycles. The van der Waals surface area contributed by atoms with Crippen molar-refractivity contribution in [2.24, 2.45) is 0 Å². The van der Waals surface area contributed by atoms with E-state index in [4.69, 9.17) is 9.47 Å². The van der Waals surface area contributed by atoms with Crippen molar-refractivity contribution in [1.29, 1.82) is 0 Å². The summed E-state index contributed by atoms with van der Waals surface area (Å²) in [4.78, 5) is 14.5. The molecule has 0 unspecified atom stereocenters. The Balaban J connectivity index is 1.52. The van der Waals surface area contributed by atoms with Crippen molar-refractivity contribution in [3.8, 4) is 11.5 Å². The molecule has 25 heavy (non-hydrogen) atoms. The van der Waals surface area contributed by atoms with Gasteiger partial charge in [0.2, 0.25) is 5.91 Å². The van der Waals surface area contributed by atoms with Gasteiger partial charge in [-0.05, 0) is 43.5 Å². The first kappa shape index (κ1) is 17.3. The van der Waals surface area contributed by atoms with E-state index in [-0.39, 0.29) is 11.9 Å². The molecule has 0 N–H and O–H groups in total.